The van der Waals surface area contributed by atoms with Gasteiger partial charge in [-0.1, -0.05) is 30.3 Å². The van der Waals surface area contributed by atoms with E-state index in [0.717, 1.165) is 73.5 Å². The third-order valence-corrected chi connectivity index (χ3v) is 7.95. The highest BCUT2D eigenvalue weighted by atomic mass is 35.5. The Hall–Kier alpha value is -2.44. The van der Waals surface area contributed by atoms with Crippen molar-refractivity contribution in [2.75, 3.05) is 37.6 Å². The van der Waals surface area contributed by atoms with Crippen LogP contribution in [0.25, 0.3) is 5.57 Å². The van der Waals surface area contributed by atoms with E-state index < -0.39 is 0 Å². The van der Waals surface area contributed by atoms with E-state index in [1.54, 1.807) is 6.33 Å². The first-order valence-corrected chi connectivity index (χ1v) is 12.9. The summed E-state index contributed by atoms with van der Waals surface area (Å²) in [7, 11) is 0. The number of carbonyl (C=O) groups excluding carboxylic acids is 1. The number of halogens is 1. The number of hydrogen-bond donors (Lipinski definition) is 0. The molecule has 0 radical (unpaired) electrons. The molecule has 3 heterocycles. The molecule has 7 heteroatoms. The second-order valence-corrected chi connectivity index (χ2v) is 10.4. The molecule has 0 N–H and O–H groups in total. The van der Waals surface area contributed by atoms with E-state index in [9.17, 15) is 4.79 Å². The van der Waals surface area contributed by atoms with Crippen molar-refractivity contribution in [2.45, 2.75) is 57.5 Å². The number of hydrogen-bond acceptors (Lipinski definition) is 5. The zero-order chi connectivity index (χ0) is 23.8. The van der Waals surface area contributed by atoms with Crippen LogP contribution in [0.4, 0.5) is 5.82 Å². The average molecular weight is 480 g/mol. The highest BCUT2D eigenvalue weighted by molar-refractivity contribution is 6.30. The zero-order valence-electron chi connectivity index (χ0n) is 20.2. The molecule has 0 bridgehead atoms. The zero-order valence-corrected chi connectivity index (χ0v) is 21.0. The SMILES string of the molecule is C=C1CCc2ncnc(N3CCN(C(=O)[C@@H](c4ccc(Cl)cc4)[C@@H]4CCCN4C(C)C)CC3)c21. The van der Waals surface area contributed by atoms with Gasteiger partial charge in [0, 0.05) is 48.8 Å². The molecule has 3 aliphatic rings. The summed E-state index contributed by atoms with van der Waals surface area (Å²) in [6, 6.07) is 8.53. The van der Waals surface area contributed by atoms with Crippen molar-refractivity contribution in [3.05, 3.63) is 59.0 Å². The van der Waals surface area contributed by atoms with Crippen LogP contribution in [0, 0.1) is 0 Å². The topological polar surface area (TPSA) is 52.6 Å². The van der Waals surface area contributed by atoms with Gasteiger partial charge >= 0.3 is 0 Å². The highest BCUT2D eigenvalue weighted by Crippen LogP contribution is 2.37. The van der Waals surface area contributed by atoms with Gasteiger partial charge in [-0.15, -0.1) is 0 Å². The Kier molecular flexibility index (Phi) is 6.63. The van der Waals surface area contributed by atoms with E-state index in [-0.39, 0.29) is 17.9 Å². The van der Waals surface area contributed by atoms with Crippen LogP contribution >= 0.6 is 11.6 Å². The quantitative estimate of drug-likeness (QED) is 0.636. The van der Waals surface area contributed by atoms with E-state index in [0.29, 0.717) is 24.2 Å². The number of aromatic nitrogens is 2. The highest BCUT2D eigenvalue weighted by Gasteiger charge is 2.40. The Morgan fingerprint density at radius 3 is 2.50 bits per heavy atom. The molecular weight excluding hydrogens is 446 g/mol. The van der Waals surface area contributed by atoms with Crippen molar-refractivity contribution in [3.63, 3.8) is 0 Å². The Morgan fingerprint density at radius 2 is 1.79 bits per heavy atom. The summed E-state index contributed by atoms with van der Waals surface area (Å²) in [5.41, 5.74) is 4.42. The molecule has 5 rings (SSSR count). The molecule has 6 nitrogen and oxygen atoms in total. The summed E-state index contributed by atoms with van der Waals surface area (Å²) >= 11 is 6.18. The lowest BCUT2D eigenvalue weighted by atomic mass is 9.87. The maximum Gasteiger partial charge on any atom is 0.231 e. The first-order chi connectivity index (χ1) is 16.4. The monoisotopic (exact) mass is 479 g/mol. The molecule has 0 saturated carbocycles. The first-order valence-electron chi connectivity index (χ1n) is 12.5. The lowest BCUT2D eigenvalue weighted by molar-refractivity contribution is -0.134. The number of fused-ring (bicyclic) bond motifs is 1. The van der Waals surface area contributed by atoms with Crippen LogP contribution in [0.1, 0.15) is 55.8 Å². The van der Waals surface area contributed by atoms with Crippen LogP contribution in [-0.4, -0.2) is 70.5 Å². The summed E-state index contributed by atoms with van der Waals surface area (Å²) in [4.78, 5) is 30.0. The second kappa shape index (κ2) is 9.67. The lowest BCUT2D eigenvalue weighted by Crippen LogP contribution is -2.53. The third kappa shape index (κ3) is 4.34. The van der Waals surface area contributed by atoms with E-state index in [2.05, 4.69) is 45.1 Å². The number of anilines is 1. The molecule has 2 atom stereocenters. The van der Waals surface area contributed by atoms with Gasteiger partial charge in [0.15, 0.2) is 0 Å². The molecule has 2 aliphatic heterocycles. The summed E-state index contributed by atoms with van der Waals surface area (Å²) < 4.78 is 0. The van der Waals surface area contributed by atoms with Crippen LogP contribution in [0.3, 0.4) is 0 Å². The van der Waals surface area contributed by atoms with Crippen LogP contribution in [0.15, 0.2) is 37.2 Å². The minimum absolute atomic E-state index is 0.170. The summed E-state index contributed by atoms with van der Waals surface area (Å²) in [6.45, 7) is 12.7. The van der Waals surface area contributed by atoms with Gasteiger partial charge in [0.05, 0.1) is 11.6 Å². The summed E-state index contributed by atoms with van der Waals surface area (Å²) in [5, 5.41) is 0.703. The van der Waals surface area contributed by atoms with Crippen molar-refractivity contribution in [1.29, 1.82) is 0 Å². The molecule has 0 spiro atoms. The number of allylic oxidation sites excluding steroid dienone is 1. The number of amides is 1. The van der Waals surface area contributed by atoms with E-state index in [4.69, 9.17) is 11.6 Å². The number of likely N-dealkylation sites (tertiary alicyclic amines) is 1. The van der Waals surface area contributed by atoms with E-state index >= 15 is 0 Å². The molecule has 34 heavy (non-hydrogen) atoms. The van der Waals surface area contributed by atoms with Gasteiger partial charge in [-0.2, -0.15) is 0 Å². The molecular formula is C27H34ClN5O. The van der Waals surface area contributed by atoms with Crippen LogP contribution < -0.4 is 4.90 Å². The fourth-order valence-electron chi connectivity index (χ4n) is 5.95. The van der Waals surface area contributed by atoms with Crippen molar-refractivity contribution in [2.24, 2.45) is 0 Å². The maximum absolute atomic E-state index is 14.0. The average Bonchev–Trinajstić information content (AvgIpc) is 3.48. The number of nitrogens with zero attached hydrogens (tertiary/aromatic N) is 5. The van der Waals surface area contributed by atoms with Crippen molar-refractivity contribution < 1.29 is 4.79 Å². The van der Waals surface area contributed by atoms with Crippen molar-refractivity contribution >= 4 is 28.9 Å². The standard InChI is InChI=1S/C27H34ClN5O/c1-18(2)33-12-4-5-23(33)25(20-7-9-21(28)10-8-20)27(34)32-15-13-31(14-16-32)26-24-19(3)6-11-22(24)29-17-30-26/h7-10,17-18,23,25H,3-6,11-16H2,1-2H3/t23-,25-/m0/s1. The molecule has 2 saturated heterocycles. The van der Waals surface area contributed by atoms with Gasteiger partial charge in [-0.3, -0.25) is 9.69 Å². The van der Waals surface area contributed by atoms with Crippen molar-refractivity contribution in [1.82, 2.24) is 19.8 Å². The minimum atomic E-state index is -0.170. The third-order valence-electron chi connectivity index (χ3n) is 7.70. The van der Waals surface area contributed by atoms with Gasteiger partial charge in [0.2, 0.25) is 5.91 Å². The number of carbonyl (C=O) groups is 1. The fraction of sp³-hybridized carbons (Fsp3) is 0.519. The predicted octanol–water partition coefficient (Wildman–Crippen LogP) is 4.39. The van der Waals surface area contributed by atoms with Crippen LogP contribution in [-0.2, 0) is 11.2 Å². The molecule has 180 valence electrons. The molecule has 1 aliphatic carbocycles. The van der Waals surface area contributed by atoms with Gasteiger partial charge in [-0.25, -0.2) is 9.97 Å². The summed E-state index contributed by atoms with van der Waals surface area (Å²) in [5.74, 6) is 1.05. The molecule has 2 fully saturated rings. The van der Waals surface area contributed by atoms with Gasteiger partial charge in [0.25, 0.3) is 0 Å². The smallest absolute Gasteiger partial charge is 0.231 e. The maximum atomic E-state index is 14.0. The lowest BCUT2D eigenvalue weighted by Gasteiger charge is -2.40. The Bertz CT molecular complexity index is 1060. The number of piperazine rings is 1. The molecule has 1 amide bonds. The van der Waals surface area contributed by atoms with E-state index in [1.807, 2.05) is 24.3 Å². The molecule has 1 aromatic heterocycles. The molecule has 2 aromatic rings. The van der Waals surface area contributed by atoms with Gasteiger partial charge in [-0.05, 0) is 69.3 Å². The molecule has 1 aromatic carbocycles. The number of benzene rings is 1. The van der Waals surface area contributed by atoms with Crippen LogP contribution in [0.5, 0.6) is 0 Å². The Balaban J connectivity index is 1.36. The normalized spacial score (nSPS) is 21.9. The second-order valence-electron chi connectivity index (χ2n) is 10.0. The van der Waals surface area contributed by atoms with Gasteiger partial charge < -0.3 is 9.80 Å². The van der Waals surface area contributed by atoms with Gasteiger partial charge in [0.1, 0.15) is 12.1 Å². The largest absolute Gasteiger partial charge is 0.352 e. The predicted molar refractivity (Wildman–Crippen MR) is 137 cm³/mol. The number of rotatable bonds is 5. The number of aryl methyl sites for hydroxylation is 1. The van der Waals surface area contributed by atoms with Crippen LogP contribution in [0.2, 0.25) is 5.02 Å². The van der Waals surface area contributed by atoms with E-state index in [1.165, 1.54) is 0 Å². The first kappa shape index (κ1) is 23.3. The Labute approximate surface area is 207 Å². The molecule has 0 unspecified atom stereocenters. The fourth-order valence-corrected chi connectivity index (χ4v) is 6.07. The van der Waals surface area contributed by atoms with Crippen molar-refractivity contribution in [3.8, 4) is 0 Å². The minimum Gasteiger partial charge on any atom is -0.352 e. The summed E-state index contributed by atoms with van der Waals surface area (Å²) in [6.07, 6.45) is 5.75. The Morgan fingerprint density at radius 1 is 1.06 bits per heavy atom.